The summed E-state index contributed by atoms with van der Waals surface area (Å²) in [6, 6.07) is 9.28. The lowest BCUT2D eigenvalue weighted by Crippen LogP contribution is -2.21. The highest BCUT2D eigenvalue weighted by atomic mass is 19.1. The van der Waals surface area contributed by atoms with E-state index in [2.05, 4.69) is 0 Å². The minimum Gasteiger partial charge on any atom is -0.475 e. The largest absolute Gasteiger partial charge is 0.475 e. The molecule has 0 spiro atoms. The molecule has 0 aliphatic rings. The van der Waals surface area contributed by atoms with Crippen molar-refractivity contribution in [3.05, 3.63) is 53.7 Å². The normalized spacial score (nSPS) is 10.4. The third-order valence-electron chi connectivity index (χ3n) is 2.77. The van der Waals surface area contributed by atoms with Crippen LogP contribution in [0.1, 0.15) is 23.2 Å². The van der Waals surface area contributed by atoms with Crippen molar-refractivity contribution < 1.29 is 18.7 Å². The van der Waals surface area contributed by atoms with Crippen LogP contribution in [-0.4, -0.2) is 17.6 Å². The van der Waals surface area contributed by atoms with Gasteiger partial charge < -0.3 is 14.4 Å². The Hall–Kier alpha value is -2.30. The molecule has 2 rings (SSSR count). The molecule has 19 heavy (non-hydrogen) atoms. The molecule has 0 atom stereocenters. The number of carboxylic acids is 1. The van der Waals surface area contributed by atoms with Gasteiger partial charge in [-0.05, 0) is 37.3 Å². The van der Waals surface area contributed by atoms with Crippen molar-refractivity contribution in [3.63, 3.8) is 0 Å². The van der Waals surface area contributed by atoms with Crippen LogP contribution in [0.25, 0.3) is 0 Å². The average molecular weight is 263 g/mol. The zero-order valence-electron chi connectivity index (χ0n) is 10.5. The molecule has 1 aromatic carbocycles. The van der Waals surface area contributed by atoms with Crippen LogP contribution in [0.15, 0.2) is 40.8 Å². The molecule has 0 saturated carbocycles. The number of benzene rings is 1. The van der Waals surface area contributed by atoms with Gasteiger partial charge in [-0.2, -0.15) is 0 Å². The molecule has 0 aliphatic heterocycles. The Morgan fingerprint density at radius 1 is 1.37 bits per heavy atom. The number of hydrogen-bond donors (Lipinski definition) is 1. The minimum absolute atomic E-state index is 0.0923. The Balaban J connectivity index is 2.16. The predicted molar refractivity (Wildman–Crippen MR) is 68.8 cm³/mol. The summed E-state index contributed by atoms with van der Waals surface area (Å²) in [6.45, 7) is 2.99. The fourth-order valence-electron chi connectivity index (χ4n) is 1.82. The lowest BCUT2D eigenvalue weighted by atomic mass is 10.2. The Kier molecular flexibility index (Phi) is 3.85. The fourth-order valence-corrected chi connectivity index (χ4v) is 1.82. The molecule has 1 aromatic heterocycles. The molecule has 1 heterocycles. The number of hydrogen-bond acceptors (Lipinski definition) is 3. The number of halogens is 1. The molecule has 0 fully saturated rings. The Bertz CT molecular complexity index is 580. The average Bonchev–Trinajstić information content (AvgIpc) is 2.84. The van der Waals surface area contributed by atoms with Gasteiger partial charge >= 0.3 is 5.97 Å². The van der Waals surface area contributed by atoms with E-state index in [1.54, 1.807) is 18.2 Å². The highest BCUT2D eigenvalue weighted by molar-refractivity contribution is 5.84. The molecule has 0 amide bonds. The fraction of sp³-hybridized carbons (Fsp3) is 0.214. The van der Waals surface area contributed by atoms with Crippen molar-refractivity contribution in [1.29, 1.82) is 0 Å². The Labute approximate surface area is 110 Å². The van der Waals surface area contributed by atoms with E-state index in [9.17, 15) is 9.18 Å². The van der Waals surface area contributed by atoms with Gasteiger partial charge in [-0.15, -0.1) is 0 Å². The standard InChI is InChI=1S/C14H14FNO3/c1-2-16(11-5-3-4-10(15)8-11)9-12-6-7-13(19-12)14(17)18/h3-8H,2,9H2,1H3,(H,17,18). The van der Waals surface area contributed by atoms with Gasteiger partial charge in [-0.25, -0.2) is 9.18 Å². The van der Waals surface area contributed by atoms with Crippen molar-refractivity contribution in [1.82, 2.24) is 0 Å². The van der Waals surface area contributed by atoms with E-state index >= 15 is 0 Å². The lowest BCUT2D eigenvalue weighted by Gasteiger charge is -2.21. The maximum atomic E-state index is 13.2. The quantitative estimate of drug-likeness (QED) is 0.900. The van der Waals surface area contributed by atoms with E-state index in [1.807, 2.05) is 11.8 Å². The summed E-state index contributed by atoms with van der Waals surface area (Å²) in [6.07, 6.45) is 0. The number of nitrogens with zero attached hydrogens (tertiary/aromatic N) is 1. The van der Waals surface area contributed by atoms with Gasteiger partial charge in [0.05, 0.1) is 6.54 Å². The van der Waals surface area contributed by atoms with Crippen molar-refractivity contribution in [2.24, 2.45) is 0 Å². The van der Waals surface area contributed by atoms with E-state index < -0.39 is 5.97 Å². The zero-order chi connectivity index (χ0) is 13.8. The number of aromatic carboxylic acids is 1. The SMILES string of the molecule is CCN(Cc1ccc(C(=O)O)o1)c1cccc(F)c1. The summed E-state index contributed by atoms with van der Waals surface area (Å²) in [5, 5.41) is 8.79. The number of carboxylic acid groups (broad SMARTS) is 1. The van der Waals surface area contributed by atoms with E-state index in [1.165, 1.54) is 18.2 Å². The van der Waals surface area contributed by atoms with Gasteiger partial charge in [-0.3, -0.25) is 0 Å². The first kappa shape index (κ1) is 13.1. The molecular formula is C14H14FNO3. The second kappa shape index (κ2) is 5.56. The molecule has 100 valence electrons. The van der Waals surface area contributed by atoms with E-state index in [0.717, 1.165) is 5.69 Å². The first-order valence-corrected chi connectivity index (χ1v) is 5.92. The van der Waals surface area contributed by atoms with Gasteiger partial charge in [0.2, 0.25) is 5.76 Å². The van der Waals surface area contributed by atoms with Gasteiger partial charge in [0, 0.05) is 12.2 Å². The number of furan rings is 1. The van der Waals surface area contributed by atoms with Crippen LogP contribution in [0, 0.1) is 5.82 Å². The van der Waals surface area contributed by atoms with Crippen LogP contribution in [0.3, 0.4) is 0 Å². The first-order valence-electron chi connectivity index (χ1n) is 5.92. The van der Waals surface area contributed by atoms with Crippen molar-refractivity contribution in [3.8, 4) is 0 Å². The topological polar surface area (TPSA) is 53.7 Å². The van der Waals surface area contributed by atoms with Gasteiger partial charge in [0.25, 0.3) is 0 Å². The van der Waals surface area contributed by atoms with Crippen LogP contribution in [0.2, 0.25) is 0 Å². The molecular weight excluding hydrogens is 249 g/mol. The highest BCUT2D eigenvalue weighted by Gasteiger charge is 2.12. The lowest BCUT2D eigenvalue weighted by molar-refractivity contribution is 0.0660. The molecule has 0 saturated heterocycles. The summed E-state index contributed by atoms with van der Waals surface area (Å²) in [5.74, 6) is -0.963. The highest BCUT2D eigenvalue weighted by Crippen LogP contribution is 2.19. The summed E-state index contributed by atoms with van der Waals surface area (Å²) in [5.41, 5.74) is 0.732. The van der Waals surface area contributed by atoms with Crippen molar-refractivity contribution >= 4 is 11.7 Å². The number of rotatable bonds is 5. The van der Waals surface area contributed by atoms with Crippen LogP contribution in [0.5, 0.6) is 0 Å². The third-order valence-corrected chi connectivity index (χ3v) is 2.77. The van der Waals surface area contributed by atoms with Gasteiger partial charge in [-0.1, -0.05) is 6.07 Å². The molecule has 2 aromatic rings. The van der Waals surface area contributed by atoms with E-state index in [-0.39, 0.29) is 11.6 Å². The maximum Gasteiger partial charge on any atom is 0.371 e. The van der Waals surface area contributed by atoms with E-state index in [4.69, 9.17) is 9.52 Å². The molecule has 5 heteroatoms. The number of anilines is 1. The second-order valence-electron chi connectivity index (χ2n) is 4.07. The first-order chi connectivity index (χ1) is 9.10. The maximum absolute atomic E-state index is 13.2. The van der Waals surface area contributed by atoms with Gasteiger partial charge in [0.15, 0.2) is 0 Å². The molecule has 0 bridgehead atoms. The molecule has 0 radical (unpaired) electrons. The smallest absolute Gasteiger partial charge is 0.371 e. The van der Waals surface area contributed by atoms with Crippen molar-refractivity contribution in [2.45, 2.75) is 13.5 Å². The summed E-state index contributed by atoms with van der Waals surface area (Å²) in [7, 11) is 0. The molecule has 0 unspecified atom stereocenters. The Morgan fingerprint density at radius 3 is 2.74 bits per heavy atom. The van der Waals surface area contributed by atoms with Crippen LogP contribution in [-0.2, 0) is 6.54 Å². The Morgan fingerprint density at radius 2 is 2.16 bits per heavy atom. The predicted octanol–water partition coefficient (Wildman–Crippen LogP) is 3.14. The monoisotopic (exact) mass is 263 g/mol. The molecule has 0 aliphatic carbocycles. The van der Waals surface area contributed by atoms with Crippen LogP contribution < -0.4 is 4.90 Å². The summed E-state index contributed by atoms with van der Waals surface area (Å²) in [4.78, 5) is 12.6. The van der Waals surface area contributed by atoms with Crippen LogP contribution in [0.4, 0.5) is 10.1 Å². The number of carbonyl (C=O) groups is 1. The van der Waals surface area contributed by atoms with E-state index in [0.29, 0.717) is 18.8 Å². The molecule has 4 nitrogen and oxygen atoms in total. The summed E-state index contributed by atoms with van der Waals surface area (Å²) >= 11 is 0. The van der Waals surface area contributed by atoms with Crippen molar-refractivity contribution in [2.75, 3.05) is 11.4 Å². The minimum atomic E-state index is -1.10. The summed E-state index contributed by atoms with van der Waals surface area (Å²) < 4.78 is 18.4. The zero-order valence-corrected chi connectivity index (χ0v) is 10.5. The van der Waals surface area contributed by atoms with Crippen LogP contribution >= 0.6 is 0 Å². The third kappa shape index (κ3) is 3.13. The molecule has 1 N–H and O–H groups in total. The van der Waals surface area contributed by atoms with Gasteiger partial charge in [0.1, 0.15) is 11.6 Å². The second-order valence-corrected chi connectivity index (χ2v) is 4.07.